The largest absolute Gasteiger partial charge is 0.493 e. The number of aromatic nitrogens is 3. The third-order valence-electron chi connectivity index (χ3n) is 5.72. The fourth-order valence-electron chi connectivity index (χ4n) is 4.12. The second-order valence-electron chi connectivity index (χ2n) is 7.80. The number of para-hydroxylation sites is 3. The number of nitrogens with one attached hydrogen (secondary N) is 1. The van der Waals surface area contributed by atoms with Crippen molar-refractivity contribution >= 4 is 45.5 Å². The minimum Gasteiger partial charge on any atom is -0.493 e. The van der Waals surface area contributed by atoms with Crippen LogP contribution in [0.15, 0.2) is 66.7 Å². The maximum absolute atomic E-state index is 13.5. The summed E-state index contributed by atoms with van der Waals surface area (Å²) in [5.74, 6) is 0.958. The zero-order chi connectivity index (χ0) is 24.5. The molecule has 0 saturated heterocycles. The van der Waals surface area contributed by atoms with Crippen LogP contribution < -0.4 is 20.5 Å². The first-order valence-corrected chi connectivity index (χ1v) is 11.2. The summed E-state index contributed by atoms with van der Waals surface area (Å²) in [5, 5.41) is 3.47. The fraction of sp³-hybridized carbons (Fsp3) is 0.115. The van der Waals surface area contributed by atoms with Crippen LogP contribution in [0.2, 0.25) is 5.02 Å². The van der Waals surface area contributed by atoms with E-state index in [0.29, 0.717) is 44.4 Å². The first kappa shape index (κ1) is 22.5. The van der Waals surface area contributed by atoms with Crippen LogP contribution in [0.5, 0.6) is 11.5 Å². The molecule has 3 aromatic carbocycles. The number of nitrogens with two attached hydrogens (primary N) is 1. The smallest absolute Gasteiger partial charge is 0.257 e. The van der Waals surface area contributed by atoms with Gasteiger partial charge in [0.1, 0.15) is 16.9 Å². The summed E-state index contributed by atoms with van der Waals surface area (Å²) >= 11 is 6.24. The van der Waals surface area contributed by atoms with Crippen LogP contribution in [0.3, 0.4) is 0 Å². The summed E-state index contributed by atoms with van der Waals surface area (Å²) in [6.07, 6.45) is 0. The van der Waals surface area contributed by atoms with E-state index in [9.17, 15) is 4.79 Å². The monoisotopic (exact) mass is 487 g/mol. The highest BCUT2D eigenvalue weighted by atomic mass is 35.5. The number of fused-ring (bicyclic) bond motifs is 2. The predicted octanol–water partition coefficient (Wildman–Crippen LogP) is 4.76. The number of amides is 1. The minimum absolute atomic E-state index is 0.198. The highest BCUT2D eigenvalue weighted by Gasteiger charge is 2.25. The van der Waals surface area contributed by atoms with Gasteiger partial charge in [0.25, 0.3) is 5.91 Å². The number of nitrogen functional groups attached to an aromatic ring is 1. The van der Waals surface area contributed by atoms with Crippen LogP contribution >= 0.6 is 11.6 Å². The summed E-state index contributed by atoms with van der Waals surface area (Å²) in [5.41, 5.74) is 10.5. The van der Waals surface area contributed by atoms with Crippen molar-refractivity contribution in [1.82, 2.24) is 19.9 Å². The van der Waals surface area contributed by atoms with E-state index in [4.69, 9.17) is 36.8 Å². The molecule has 35 heavy (non-hydrogen) atoms. The molecule has 0 aliphatic heterocycles. The van der Waals surface area contributed by atoms with Gasteiger partial charge >= 0.3 is 0 Å². The zero-order valence-electron chi connectivity index (χ0n) is 19.1. The molecule has 8 nitrogen and oxygen atoms in total. The fourth-order valence-corrected chi connectivity index (χ4v) is 4.30. The number of nitrogens with zero attached hydrogens (tertiary/aromatic N) is 3. The number of benzene rings is 3. The Morgan fingerprint density at radius 2 is 1.74 bits per heavy atom. The molecular weight excluding hydrogens is 466 g/mol. The number of halogens is 1. The van der Waals surface area contributed by atoms with Crippen LogP contribution in [-0.4, -0.2) is 34.7 Å². The Morgan fingerprint density at radius 1 is 1.00 bits per heavy atom. The van der Waals surface area contributed by atoms with E-state index in [0.717, 1.165) is 5.56 Å². The van der Waals surface area contributed by atoms with Gasteiger partial charge in [-0.3, -0.25) is 9.36 Å². The van der Waals surface area contributed by atoms with E-state index >= 15 is 0 Å². The van der Waals surface area contributed by atoms with Crippen LogP contribution in [0, 0.1) is 0 Å². The van der Waals surface area contributed by atoms with Gasteiger partial charge in [0.05, 0.1) is 30.9 Å². The lowest BCUT2D eigenvalue weighted by Crippen LogP contribution is -2.24. The quantitative estimate of drug-likeness (QED) is 0.358. The van der Waals surface area contributed by atoms with Crippen molar-refractivity contribution in [1.29, 1.82) is 0 Å². The van der Waals surface area contributed by atoms with Gasteiger partial charge in [0.2, 0.25) is 0 Å². The Kier molecular flexibility index (Phi) is 5.88. The van der Waals surface area contributed by atoms with Gasteiger partial charge < -0.3 is 20.5 Å². The number of methoxy groups -OCH3 is 2. The molecule has 5 aromatic rings. The van der Waals surface area contributed by atoms with Crippen LogP contribution in [0.4, 0.5) is 5.82 Å². The molecule has 0 saturated carbocycles. The number of hydrogen-bond acceptors (Lipinski definition) is 6. The number of anilines is 1. The Labute approximate surface area is 206 Å². The Morgan fingerprint density at radius 3 is 2.46 bits per heavy atom. The summed E-state index contributed by atoms with van der Waals surface area (Å²) in [7, 11) is 3.12. The molecule has 1 amide bonds. The first-order valence-electron chi connectivity index (χ1n) is 10.8. The van der Waals surface area contributed by atoms with Crippen LogP contribution in [0.1, 0.15) is 15.9 Å². The number of hydrogen-bond donors (Lipinski definition) is 2. The second-order valence-corrected chi connectivity index (χ2v) is 8.23. The number of carbonyl (C=O) groups excluding carboxylic acids is 1. The van der Waals surface area contributed by atoms with Crippen LogP contribution in [-0.2, 0) is 6.54 Å². The summed E-state index contributed by atoms with van der Waals surface area (Å²) in [6.45, 7) is 0.198. The lowest BCUT2D eigenvalue weighted by molar-refractivity contribution is 0.0953. The Bertz CT molecular complexity index is 1580. The van der Waals surface area contributed by atoms with Crippen molar-refractivity contribution < 1.29 is 14.3 Å². The molecule has 0 aliphatic carbocycles. The van der Waals surface area contributed by atoms with Crippen molar-refractivity contribution in [2.24, 2.45) is 0 Å². The molecule has 9 heteroatoms. The lowest BCUT2D eigenvalue weighted by atomic mass is 10.1. The van der Waals surface area contributed by atoms with Gasteiger partial charge in [-0.15, -0.1) is 0 Å². The van der Waals surface area contributed by atoms with Gasteiger partial charge in [-0.05, 0) is 36.4 Å². The van der Waals surface area contributed by atoms with E-state index in [-0.39, 0.29) is 23.8 Å². The minimum atomic E-state index is -0.386. The number of carbonyl (C=O) groups is 1. The van der Waals surface area contributed by atoms with Gasteiger partial charge in [-0.2, -0.15) is 0 Å². The standard InChI is InChI=1S/C26H22ClN5O3/c1-34-20-12-5-7-15(23(20)35-2)14-29-26(33)21-22-25(31-19-11-4-3-10-18(19)30-22)32(24(21)28)17-9-6-8-16(27)13-17/h3-13H,14,28H2,1-2H3,(H,29,33). The maximum Gasteiger partial charge on any atom is 0.257 e. The SMILES string of the molecule is COc1cccc(CNC(=O)c2c(N)n(-c3cccc(Cl)c3)c3nc4ccccc4nc23)c1OC. The molecule has 0 radical (unpaired) electrons. The van der Waals surface area contributed by atoms with Crippen molar-refractivity contribution in [3.05, 3.63) is 82.9 Å². The molecule has 0 fully saturated rings. The van der Waals surface area contributed by atoms with E-state index in [2.05, 4.69) is 5.32 Å². The molecule has 0 spiro atoms. The molecule has 5 rings (SSSR count). The summed E-state index contributed by atoms with van der Waals surface area (Å²) in [4.78, 5) is 23.0. The van der Waals surface area contributed by atoms with Crippen molar-refractivity contribution in [2.75, 3.05) is 20.0 Å². The summed E-state index contributed by atoms with van der Waals surface area (Å²) in [6, 6.07) is 20.1. The third-order valence-corrected chi connectivity index (χ3v) is 5.95. The van der Waals surface area contributed by atoms with Crippen molar-refractivity contribution in [2.45, 2.75) is 6.54 Å². The second kappa shape index (κ2) is 9.15. The van der Waals surface area contributed by atoms with Crippen LogP contribution in [0.25, 0.3) is 27.9 Å². The average Bonchev–Trinajstić information content (AvgIpc) is 3.15. The Balaban J connectivity index is 1.63. The molecular formula is C26H22ClN5O3. The number of rotatable bonds is 6. The summed E-state index contributed by atoms with van der Waals surface area (Å²) < 4.78 is 12.5. The van der Waals surface area contributed by atoms with E-state index < -0.39 is 0 Å². The van der Waals surface area contributed by atoms with Gasteiger partial charge in [-0.1, -0.05) is 41.9 Å². The lowest BCUT2D eigenvalue weighted by Gasteiger charge is -2.13. The van der Waals surface area contributed by atoms with E-state index in [1.165, 1.54) is 0 Å². The molecule has 176 valence electrons. The van der Waals surface area contributed by atoms with Gasteiger partial charge in [-0.25, -0.2) is 9.97 Å². The van der Waals surface area contributed by atoms with Crippen molar-refractivity contribution in [3.63, 3.8) is 0 Å². The topological polar surface area (TPSA) is 104 Å². The average molecular weight is 488 g/mol. The Hall–Kier alpha value is -4.30. The number of ether oxygens (including phenoxy) is 2. The van der Waals surface area contributed by atoms with E-state index in [1.54, 1.807) is 37.0 Å². The third kappa shape index (κ3) is 3.98. The predicted molar refractivity (Wildman–Crippen MR) is 137 cm³/mol. The normalized spacial score (nSPS) is 11.1. The zero-order valence-corrected chi connectivity index (χ0v) is 19.8. The van der Waals surface area contributed by atoms with Crippen molar-refractivity contribution in [3.8, 4) is 17.2 Å². The molecule has 2 heterocycles. The molecule has 0 aliphatic rings. The molecule has 2 aromatic heterocycles. The highest BCUT2D eigenvalue weighted by Crippen LogP contribution is 2.33. The maximum atomic E-state index is 13.5. The molecule has 0 unspecified atom stereocenters. The van der Waals surface area contributed by atoms with Gasteiger partial charge in [0.15, 0.2) is 17.1 Å². The first-order chi connectivity index (χ1) is 17.0. The molecule has 0 atom stereocenters. The van der Waals surface area contributed by atoms with E-state index in [1.807, 2.05) is 48.5 Å². The molecule has 0 bridgehead atoms. The highest BCUT2D eigenvalue weighted by molar-refractivity contribution is 6.30. The van der Waals surface area contributed by atoms with Gasteiger partial charge in [0, 0.05) is 17.1 Å². The molecule has 3 N–H and O–H groups in total.